The number of amides is 1. The van der Waals surface area contributed by atoms with Crippen LogP contribution in [-0.4, -0.2) is 37.4 Å². The van der Waals surface area contributed by atoms with Crippen LogP contribution in [0.1, 0.15) is 0 Å². The average molecular weight is 221 g/mol. The third-order valence-electron chi connectivity index (χ3n) is 2.58. The zero-order valence-electron chi connectivity index (χ0n) is 8.94. The van der Waals surface area contributed by atoms with Crippen LogP contribution >= 0.6 is 0 Å². The topological polar surface area (TPSA) is 64.6 Å². The molecule has 0 aliphatic carbocycles. The second kappa shape index (κ2) is 4.85. The molecule has 2 rings (SSSR count). The number of hydrogen-bond donors (Lipinski definition) is 3. The van der Waals surface area contributed by atoms with E-state index in [0.717, 1.165) is 31.9 Å². The number of nitrogens with zero attached hydrogens (tertiary/aromatic N) is 1. The first-order valence-corrected chi connectivity index (χ1v) is 5.31. The Morgan fingerprint density at radius 1 is 1.38 bits per heavy atom. The van der Waals surface area contributed by atoms with Crippen molar-refractivity contribution in [2.24, 2.45) is 0 Å². The van der Waals surface area contributed by atoms with E-state index in [2.05, 4.69) is 15.5 Å². The second-order valence-corrected chi connectivity index (χ2v) is 3.72. The highest BCUT2D eigenvalue weighted by molar-refractivity contribution is 5.83. The van der Waals surface area contributed by atoms with E-state index in [1.807, 2.05) is 18.2 Å². The number of carboxylic acid groups (broad SMARTS) is 1. The van der Waals surface area contributed by atoms with Gasteiger partial charge in [0, 0.05) is 37.6 Å². The molecular formula is C11H15N3O2. The minimum atomic E-state index is -1.03. The molecule has 0 radical (unpaired) electrons. The van der Waals surface area contributed by atoms with Crippen molar-refractivity contribution in [2.45, 2.75) is 0 Å². The molecule has 1 amide bonds. The standard InChI is InChI=1S/C11H15N3O2/c15-11(16)13-9-2-1-3-10(8-9)14-6-4-12-5-7-14/h1-3,8,12-13H,4-7H2,(H,15,16). The van der Waals surface area contributed by atoms with Gasteiger partial charge in [-0.1, -0.05) is 6.07 Å². The molecule has 0 bridgehead atoms. The van der Waals surface area contributed by atoms with Crippen molar-refractivity contribution < 1.29 is 9.90 Å². The molecule has 1 fully saturated rings. The van der Waals surface area contributed by atoms with Gasteiger partial charge in [-0.2, -0.15) is 0 Å². The van der Waals surface area contributed by atoms with Gasteiger partial charge in [-0.05, 0) is 18.2 Å². The molecule has 1 heterocycles. The predicted molar refractivity (Wildman–Crippen MR) is 63.2 cm³/mol. The van der Waals surface area contributed by atoms with Gasteiger partial charge in [0.15, 0.2) is 0 Å². The van der Waals surface area contributed by atoms with Crippen molar-refractivity contribution in [1.82, 2.24) is 5.32 Å². The van der Waals surface area contributed by atoms with E-state index in [-0.39, 0.29) is 0 Å². The molecule has 0 saturated carbocycles. The summed E-state index contributed by atoms with van der Waals surface area (Å²) in [6.07, 6.45) is -1.03. The summed E-state index contributed by atoms with van der Waals surface area (Å²) >= 11 is 0. The summed E-state index contributed by atoms with van der Waals surface area (Å²) in [5.74, 6) is 0. The molecule has 86 valence electrons. The lowest BCUT2D eigenvalue weighted by Gasteiger charge is -2.29. The van der Waals surface area contributed by atoms with Gasteiger partial charge < -0.3 is 15.3 Å². The maximum atomic E-state index is 10.5. The molecule has 0 unspecified atom stereocenters. The van der Waals surface area contributed by atoms with Crippen LogP contribution in [0.4, 0.5) is 16.2 Å². The van der Waals surface area contributed by atoms with Crippen LogP contribution in [0.25, 0.3) is 0 Å². The Labute approximate surface area is 94.1 Å². The van der Waals surface area contributed by atoms with Gasteiger partial charge in [-0.15, -0.1) is 0 Å². The summed E-state index contributed by atoms with van der Waals surface area (Å²) in [6, 6.07) is 7.47. The largest absolute Gasteiger partial charge is 0.465 e. The second-order valence-electron chi connectivity index (χ2n) is 3.72. The lowest BCUT2D eigenvalue weighted by molar-refractivity contribution is 0.210. The zero-order chi connectivity index (χ0) is 11.4. The van der Waals surface area contributed by atoms with Gasteiger partial charge >= 0.3 is 6.09 Å². The Kier molecular flexibility index (Phi) is 3.26. The van der Waals surface area contributed by atoms with Gasteiger partial charge in [-0.3, -0.25) is 5.32 Å². The van der Waals surface area contributed by atoms with Crippen LogP contribution in [0.2, 0.25) is 0 Å². The third kappa shape index (κ3) is 2.64. The maximum Gasteiger partial charge on any atom is 0.409 e. The summed E-state index contributed by atoms with van der Waals surface area (Å²) < 4.78 is 0. The third-order valence-corrected chi connectivity index (χ3v) is 2.58. The van der Waals surface area contributed by atoms with Gasteiger partial charge in [0.2, 0.25) is 0 Å². The molecular weight excluding hydrogens is 206 g/mol. The summed E-state index contributed by atoms with van der Waals surface area (Å²) in [7, 11) is 0. The van der Waals surface area contributed by atoms with Crippen LogP contribution in [-0.2, 0) is 0 Å². The molecule has 1 aliphatic rings. The predicted octanol–water partition coefficient (Wildman–Crippen LogP) is 1.19. The Hall–Kier alpha value is -1.75. The number of benzene rings is 1. The van der Waals surface area contributed by atoms with Gasteiger partial charge in [-0.25, -0.2) is 4.79 Å². The first-order chi connectivity index (χ1) is 7.75. The maximum absolute atomic E-state index is 10.5. The summed E-state index contributed by atoms with van der Waals surface area (Å²) in [6.45, 7) is 3.85. The van der Waals surface area contributed by atoms with Gasteiger partial charge in [0.1, 0.15) is 0 Å². The van der Waals surface area contributed by atoms with E-state index < -0.39 is 6.09 Å². The smallest absolute Gasteiger partial charge is 0.409 e. The quantitative estimate of drug-likeness (QED) is 0.701. The molecule has 16 heavy (non-hydrogen) atoms. The normalized spacial score (nSPS) is 15.9. The Bertz CT molecular complexity index is 375. The first kappa shape index (κ1) is 10.8. The van der Waals surface area contributed by atoms with Crippen LogP contribution in [0.5, 0.6) is 0 Å². The molecule has 1 aromatic rings. The number of anilines is 2. The minimum absolute atomic E-state index is 0.614. The van der Waals surface area contributed by atoms with E-state index in [9.17, 15) is 4.79 Å². The number of rotatable bonds is 2. The van der Waals surface area contributed by atoms with E-state index in [1.165, 1.54) is 0 Å². The van der Waals surface area contributed by atoms with Crippen LogP contribution in [0, 0.1) is 0 Å². The zero-order valence-corrected chi connectivity index (χ0v) is 8.94. The molecule has 5 nitrogen and oxygen atoms in total. The molecule has 1 aromatic carbocycles. The Morgan fingerprint density at radius 2 is 2.12 bits per heavy atom. The number of nitrogens with one attached hydrogen (secondary N) is 2. The Morgan fingerprint density at radius 3 is 2.81 bits per heavy atom. The van der Waals surface area contributed by atoms with E-state index in [4.69, 9.17) is 5.11 Å². The van der Waals surface area contributed by atoms with Crippen LogP contribution in [0.3, 0.4) is 0 Å². The fourth-order valence-corrected chi connectivity index (χ4v) is 1.83. The SMILES string of the molecule is O=C(O)Nc1cccc(N2CCNCC2)c1. The summed E-state index contributed by atoms with van der Waals surface area (Å²) in [4.78, 5) is 12.8. The molecule has 0 atom stereocenters. The van der Waals surface area contributed by atoms with Crippen LogP contribution in [0.15, 0.2) is 24.3 Å². The molecule has 3 N–H and O–H groups in total. The number of hydrogen-bond acceptors (Lipinski definition) is 3. The highest BCUT2D eigenvalue weighted by atomic mass is 16.4. The Balaban J connectivity index is 2.11. The monoisotopic (exact) mass is 221 g/mol. The summed E-state index contributed by atoms with van der Waals surface area (Å²) in [5.41, 5.74) is 1.68. The van der Waals surface area contributed by atoms with Gasteiger partial charge in [0.25, 0.3) is 0 Å². The molecule has 5 heteroatoms. The lowest BCUT2D eigenvalue weighted by Crippen LogP contribution is -2.43. The number of piperazine rings is 1. The highest BCUT2D eigenvalue weighted by Crippen LogP contribution is 2.19. The minimum Gasteiger partial charge on any atom is -0.465 e. The van der Waals surface area contributed by atoms with Crippen molar-refractivity contribution in [2.75, 3.05) is 36.4 Å². The fourth-order valence-electron chi connectivity index (χ4n) is 1.83. The first-order valence-electron chi connectivity index (χ1n) is 5.31. The average Bonchev–Trinajstić information content (AvgIpc) is 2.30. The fraction of sp³-hybridized carbons (Fsp3) is 0.364. The highest BCUT2D eigenvalue weighted by Gasteiger charge is 2.10. The molecule has 1 saturated heterocycles. The van der Waals surface area contributed by atoms with Crippen molar-refractivity contribution in [3.63, 3.8) is 0 Å². The van der Waals surface area contributed by atoms with Gasteiger partial charge in [0.05, 0.1) is 0 Å². The van der Waals surface area contributed by atoms with E-state index in [0.29, 0.717) is 5.69 Å². The van der Waals surface area contributed by atoms with Crippen molar-refractivity contribution >= 4 is 17.5 Å². The molecule has 0 spiro atoms. The van der Waals surface area contributed by atoms with E-state index in [1.54, 1.807) is 6.07 Å². The van der Waals surface area contributed by atoms with Crippen LogP contribution < -0.4 is 15.5 Å². The van der Waals surface area contributed by atoms with Crippen molar-refractivity contribution in [3.05, 3.63) is 24.3 Å². The lowest BCUT2D eigenvalue weighted by atomic mass is 10.2. The molecule has 0 aromatic heterocycles. The van der Waals surface area contributed by atoms with Crippen molar-refractivity contribution in [1.29, 1.82) is 0 Å². The van der Waals surface area contributed by atoms with E-state index >= 15 is 0 Å². The number of carbonyl (C=O) groups is 1. The summed E-state index contributed by atoms with van der Waals surface area (Å²) in [5, 5.41) is 14.3. The van der Waals surface area contributed by atoms with Crippen molar-refractivity contribution in [3.8, 4) is 0 Å². The molecule has 1 aliphatic heterocycles.